The standard InChI is InChI=1S/C10H19N3O2/c1-5-8(11-3)7(2)10-12-9(6-14-4)13-15-10/h7-8,11H,5-6H2,1-4H3. The van der Waals surface area contributed by atoms with E-state index in [1.165, 1.54) is 0 Å². The SMILES string of the molecule is CCC(NC)C(C)c1nc(COC)no1. The molecule has 0 saturated carbocycles. The van der Waals surface area contributed by atoms with Crippen LogP contribution in [0.15, 0.2) is 4.52 Å². The Morgan fingerprint density at radius 3 is 2.80 bits per heavy atom. The minimum absolute atomic E-state index is 0.220. The number of aromatic nitrogens is 2. The number of ether oxygens (including phenoxy) is 1. The Bertz CT molecular complexity index is 284. The van der Waals surface area contributed by atoms with Crippen molar-refractivity contribution in [3.8, 4) is 0 Å². The van der Waals surface area contributed by atoms with E-state index in [9.17, 15) is 0 Å². The topological polar surface area (TPSA) is 60.2 Å². The van der Waals surface area contributed by atoms with Crippen molar-refractivity contribution in [1.29, 1.82) is 0 Å². The predicted molar refractivity (Wildman–Crippen MR) is 56.6 cm³/mol. The molecule has 2 unspecified atom stereocenters. The lowest BCUT2D eigenvalue weighted by atomic mass is 10.00. The molecule has 1 heterocycles. The molecule has 0 aliphatic carbocycles. The van der Waals surface area contributed by atoms with Crippen molar-refractivity contribution in [2.75, 3.05) is 14.2 Å². The monoisotopic (exact) mass is 213 g/mol. The number of rotatable bonds is 6. The summed E-state index contributed by atoms with van der Waals surface area (Å²) in [7, 11) is 3.55. The molecule has 0 spiro atoms. The van der Waals surface area contributed by atoms with E-state index in [4.69, 9.17) is 9.26 Å². The Labute approximate surface area is 90.2 Å². The molecule has 0 bridgehead atoms. The Morgan fingerprint density at radius 2 is 2.27 bits per heavy atom. The highest BCUT2D eigenvalue weighted by Gasteiger charge is 2.21. The van der Waals surface area contributed by atoms with Crippen LogP contribution in [0.4, 0.5) is 0 Å². The predicted octanol–water partition coefficient (Wildman–Crippen LogP) is 1.32. The molecular formula is C10H19N3O2. The largest absolute Gasteiger partial charge is 0.377 e. The summed E-state index contributed by atoms with van der Waals surface area (Å²) in [6, 6.07) is 0.362. The lowest BCUT2D eigenvalue weighted by Crippen LogP contribution is -2.30. The maximum absolute atomic E-state index is 5.18. The van der Waals surface area contributed by atoms with Crippen LogP contribution in [0.5, 0.6) is 0 Å². The van der Waals surface area contributed by atoms with Crippen LogP contribution in [0, 0.1) is 0 Å². The third kappa shape index (κ3) is 3.00. The molecule has 0 saturated heterocycles. The van der Waals surface area contributed by atoms with Crippen molar-refractivity contribution >= 4 is 0 Å². The first-order valence-electron chi connectivity index (χ1n) is 5.21. The van der Waals surface area contributed by atoms with Crippen LogP contribution in [-0.2, 0) is 11.3 Å². The van der Waals surface area contributed by atoms with Gasteiger partial charge in [-0.2, -0.15) is 4.98 Å². The second-order valence-electron chi connectivity index (χ2n) is 3.57. The molecule has 2 atom stereocenters. The van der Waals surface area contributed by atoms with Gasteiger partial charge in [0.1, 0.15) is 6.61 Å². The number of hydrogen-bond acceptors (Lipinski definition) is 5. The van der Waals surface area contributed by atoms with Gasteiger partial charge in [0.2, 0.25) is 5.89 Å². The highest BCUT2D eigenvalue weighted by Crippen LogP contribution is 2.19. The van der Waals surface area contributed by atoms with E-state index < -0.39 is 0 Å². The minimum atomic E-state index is 0.220. The first-order valence-corrected chi connectivity index (χ1v) is 5.21. The average Bonchev–Trinajstić information content (AvgIpc) is 2.68. The van der Waals surface area contributed by atoms with Gasteiger partial charge in [-0.25, -0.2) is 0 Å². The van der Waals surface area contributed by atoms with Crippen molar-refractivity contribution in [1.82, 2.24) is 15.5 Å². The highest BCUT2D eigenvalue weighted by molar-refractivity contribution is 4.96. The van der Waals surface area contributed by atoms with E-state index in [1.54, 1.807) is 7.11 Å². The quantitative estimate of drug-likeness (QED) is 0.772. The molecule has 0 aliphatic rings. The number of likely N-dealkylation sites (N-methyl/N-ethyl adjacent to an activating group) is 1. The van der Waals surface area contributed by atoms with Gasteiger partial charge in [-0.3, -0.25) is 0 Å². The van der Waals surface area contributed by atoms with Gasteiger partial charge in [0.05, 0.1) is 5.92 Å². The molecular weight excluding hydrogens is 194 g/mol. The van der Waals surface area contributed by atoms with Gasteiger partial charge in [0.15, 0.2) is 5.82 Å². The first kappa shape index (κ1) is 12.1. The zero-order chi connectivity index (χ0) is 11.3. The fourth-order valence-corrected chi connectivity index (χ4v) is 1.62. The van der Waals surface area contributed by atoms with Crippen molar-refractivity contribution in [2.24, 2.45) is 0 Å². The first-order chi connectivity index (χ1) is 7.22. The third-order valence-corrected chi connectivity index (χ3v) is 2.56. The second kappa shape index (κ2) is 5.82. The van der Waals surface area contributed by atoms with Crippen LogP contribution in [0.2, 0.25) is 0 Å². The van der Waals surface area contributed by atoms with Crippen LogP contribution >= 0.6 is 0 Å². The summed E-state index contributed by atoms with van der Waals surface area (Å²) in [6.45, 7) is 4.60. The molecule has 15 heavy (non-hydrogen) atoms. The number of nitrogens with zero attached hydrogens (tertiary/aromatic N) is 2. The lowest BCUT2D eigenvalue weighted by molar-refractivity contribution is 0.174. The Kier molecular flexibility index (Phi) is 4.71. The summed E-state index contributed by atoms with van der Waals surface area (Å²) >= 11 is 0. The molecule has 0 radical (unpaired) electrons. The molecule has 1 rings (SSSR count). The van der Waals surface area contributed by atoms with Gasteiger partial charge in [-0.15, -0.1) is 0 Å². The van der Waals surface area contributed by atoms with Gasteiger partial charge in [-0.1, -0.05) is 19.0 Å². The fourth-order valence-electron chi connectivity index (χ4n) is 1.62. The molecule has 0 amide bonds. The zero-order valence-corrected chi connectivity index (χ0v) is 9.78. The number of nitrogens with one attached hydrogen (secondary N) is 1. The van der Waals surface area contributed by atoms with Gasteiger partial charge >= 0.3 is 0 Å². The Balaban J connectivity index is 2.68. The van der Waals surface area contributed by atoms with Crippen molar-refractivity contribution in [3.63, 3.8) is 0 Å². The minimum Gasteiger partial charge on any atom is -0.377 e. The molecule has 0 aliphatic heterocycles. The van der Waals surface area contributed by atoms with Crippen molar-refractivity contribution in [2.45, 2.75) is 38.8 Å². The average molecular weight is 213 g/mol. The zero-order valence-electron chi connectivity index (χ0n) is 9.78. The van der Waals surface area contributed by atoms with E-state index in [2.05, 4.69) is 29.3 Å². The van der Waals surface area contributed by atoms with Gasteiger partial charge in [0, 0.05) is 13.2 Å². The summed E-state index contributed by atoms with van der Waals surface area (Å²) in [4.78, 5) is 4.27. The molecule has 5 nitrogen and oxygen atoms in total. The number of methoxy groups -OCH3 is 1. The van der Waals surface area contributed by atoms with Crippen LogP contribution in [0.1, 0.15) is 37.9 Å². The second-order valence-corrected chi connectivity index (χ2v) is 3.57. The lowest BCUT2D eigenvalue weighted by Gasteiger charge is -2.18. The summed E-state index contributed by atoms with van der Waals surface area (Å²) in [5.74, 6) is 1.49. The van der Waals surface area contributed by atoms with Crippen molar-refractivity contribution in [3.05, 3.63) is 11.7 Å². The summed E-state index contributed by atoms with van der Waals surface area (Å²) in [6.07, 6.45) is 1.03. The summed E-state index contributed by atoms with van der Waals surface area (Å²) < 4.78 is 10.1. The molecule has 1 N–H and O–H groups in total. The van der Waals surface area contributed by atoms with Crippen LogP contribution < -0.4 is 5.32 Å². The molecule has 5 heteroatoms. The maximum Gasteiger partial charge on any atom is 0.231 e. The van der Waals surface area contributed by atoms with Crippen molar-refractivity contribution < 1.29 is 9.26 Å². The van der Waals surface area contributed by atoms with E-state index in [0.29, 0.717) is 24.4 Å². The molecule has 0 aromatic carbocycles. The maximum atomic E-state index is 5.18. The van der Waals surface area contributed by atoms with Crippen LogP contribution in [0.25, 0.3) is 0 Å². The van der Waals surface area contributed by atoms with E-state index >= 15 is 0 Å². The van der Waals surface area contributed by atoms with Gasteiger partial charge in [-0.05, 0) is 13.5 Å². The molecule has 1 aromatic heterocycles. The van der Waals surface area contributed by atoms with Gasteiger partial charge < -0.3 is 14.6 Å². The Hall–Kier alpha value is -0.940. The van der Waals surface area contributed by atoms with E-state index in [-0.39, 0.29) is 5.92 Å². The van der Waals surface area contributed by atoms with Crippen LogP contribution in [0.3, 0.4) is 0 Å². The highest BCUT2D eigenvalue weighted by atomic mass is 16.5. The van der Waals surface area contributed by atoms with E-state index in [0.717, 1.165) is 6.42 Å². The third-order valence-electron chi connectivity index (χ3n) is 2.56. The molecule has 0 fully saturated rings. The molecule has 1 aromatic rings. The van der Waals surface area contributed by atoms with E-state index in [1.807, 2.05) is 7.05 Å². The molecule has 86 valence electrons. The van der Waals surface area contributed by atoms with Crippen LogP contribution in [-0.4, -0.2) is 30.3 Å². The number of hydrogen-bond donors (Lipinski definition) is 1. The summed E-state index contributed by atoms with van der Waals surface area (Å²) in [5, 5.41) is 7.07. The van der Waals surface area contributed by atoms with Gasteiger partial charge in [0.25, 0.3) is 0 Å². The summed E-state index contributed by atoms with van der Waals surface area (Å²) in [5.41, 5.74) is 0. The Morgan fingerprint density at radius 1 is 1.53 bits per heavy atom. The smallest absolute Gasteiger partial charge is 0.231 e. The fraction of sp³-hybridized carbons (Fsp3) is 0.800. The normalized spacial score (nSPS) is 15.2.